The van der Waals surface area contributed by atoms with Gasteiger partial charge in [-0.05, 0) is 36.6 Å². The average molecular weight is 404 g/mol. The second-order valence-corrected chi connectivity index (χ2v) is 7.46. The molecule has 1 N–H and O–H groups in total. The first-order valence-corrected chi connectivity index (χ1v) is 10.6. The van der Waals surface area contributed by atoms with Crippen LogP contribution in [0.15, 0.2) is 24.3 Å². The number of nitrogens with zero attached hydrogens (tertiary/aromatic N) is 2. The molecule has 0 aliphatic heterocycles. The second-order valence-electron chi connectivity index (χ2n) is 6.39. The van der Waals surface area contributed by atoms with Crippen LogP contribution in [-0.4, -0.2) is 29.8 Å². The molecular weight excluding hydrogens is 374 g/mol. The SMILES string of the molecule is CCCCCOc1ccc(/C=C/C(=O)Nc2nnc(CCCC)s2)cc1OC. The summed E-state index contributed by atoms with van der Waals surface area (Å²) in [5, 5.41) is 12.3. The zero-order valence-electron chi connectivity index (χ0n) is 16.9. The van der Waals surface area contributed by atoms with E-state index in [0.717, 1.165) is 49.1 Å². The molecule has 0 aliphatic rings. The fourth-order valence-electron chi connectivity index (χ4n) is 2.49. The van der Waals surface area contributed by atoms with Crippen LogP contribution >= 0.6 is 11.3 Å². The number of nitrogens with one attached hydrogen (secondary N) is 1. The molecule has 0 spiro atoms. The van der Waals surface area contributed by atoms with E-state index in [2.05, 4.69) is 29.4 Å². The number of hydrogen-bond acceptors (Lipinski definition) is 6. The van der Waals surface area contributed by atoms with Crippen LogP contribution in [0.4, 0.5) is 5.13 Å². The first-order chi connectivity index (χ1) is 13.7. The lowest BCUT2D eigenvalue weighted by atomic mass is 10.2. The Hall–Kier alpha value is -2.41. The summed E-state index contributed by atoms with van der Waals surface area (Å²) < 4.78 is 11.2. The molecule has 2 aromatic rings. The standard InChI is InChI=1S/C21H29N3O3S/c1-4-6-8-14-27-17-12-10-16(15-18(17)26-3)11-13-19(25)22-21-24-23-20(28-21)9-7-5-2/h10-13,15H,4-9,14H2,1-3H3,(H,22,24,25)/b13-11+. The van der Waals surface area contributed by atoms with Gasteiger partial charge in [0.1, 0.15) is 5.01 Å². The predicted molar refractivity (Wildman–Crippen MR) is 114 cm³/mol. The van der Waals surface area contributed by atoms with Gasteiger partial charge in [0.15, 0.2) is 11.5 Å². The molecule has 2 rings (SSSR count). The van der Waals surface area contributed by atoms with Gasteiger partial charge in [-0.1, -0.05) is 50.5 Å². The van der Waals surface area contributed by atoms with Crippen LogP contribution in [0.2, 0.25) is 0 Å². The van der Waals surface area contributed by atoms with Crippen molar-refractivity contribution in [1.29, 1.82) is 0 Å². The first kappa shape index (κ1) is 21.9. The Morgan fingerprint density at radius 2 is 1.96 bits per heavy atom. The highest BCUT2D eigenvalue weighted by Crippen LogP contribution is 2.29. The minimum Gasteiger partial charge on any atom is -0.493 e. The molecule has 0 unspecified atom stereocenters. The molecule has 0 fully saturated rings. The number of hydrogen-bond donors (Lipinski definition) is 1. The third kappa shape index (κ3) is 7.31. The summed E-state index contributed by atoms with van der Waals surface area (Å²) in [4.78, 5) is 12.1. The molecule has 1 aromatic heterocycles. The average Bonchev–Trinajstić information content (AvgIpc) is 3.15. The predicted octanol–water partition coefficient (Wildman–Crippen LogP) is 5.11. The summed E-state index contributed by atoms with van der Waals surface area (Å²) in [6.45, 7) is 4.97. The zero-order chi connectivity index (χ0) is 20.2. The number of benzene rings is 1. The largest absolute Gasteiger partial charge is 0.493 e. The monoisotopic (exact) mass is 403 g/mol. The number of carbonyl (C=O) groups excluding carboxylic acids is 1. The van der Waals surface area contributed by atoms with Gasteiger partial charge in [-0.2, -0.15) is 0 Å². The molecular formula is C21H29N3O3S. The summed E-state index contributed by atoms with van der Waals surface area (Å²) >= 11 is 1.42. The lowest BCUT2D eigenvalue weighted by molar-refractivity contribution is -0.111. The van der Waals surface area contributed by atoms with E-state index >= 15 is 0 Å². The highest BCUT2D eigenvalue weighted by atomic mass is 32.1. The fourth-order valence-corrected chi connectivity index (χ4v) is 3.28. The van der Waals surface area contributed by atoms with Gasteiger partial charge in [-0.3, -0.25) is 10.1 Å². The Labute approximate surface area is 171 Å². The summed E-state index contributed by atoms with van der Waals surface area (Å²) in [6.07, 6.45) is 9.61. The maximum absolute atomic E-state index is 12.1. The van der Waals surface area contributed by atoms with Gasteiger partial charge in [-0.15, -0.1) is 10.2 Å². The fraction of sp³-hybridized carbons (Fsp3) is 0.476. The molecule has 0 saturated carbocycles. The van der Waals surface area contributed by atoms with Crippen LogP contribution in [0.25, 0.3) is 6.08 Å². The Bertz CT molecular complexity index is 774. The van der Waals surface area contributed by atoms with Crippen molar-refractivity contribution < 1.29 is 14.3 Å². The van der Waals surface area contributed by atoms with E-state index in [1.165, 1.54) is 17.4 Å². The number of unbranched alkanes of at least 4 members (excludes halogenated alkanes) is 3. The van der Waals surface area contributed by atoms with Crippen molar-refractivity contribution in [3.8, 4) is 11.5 Å². The maximum atomic E-state index is 12.1. The molecule has 152 valence electrons. The number of methoxy groups -OCH3 is 1. The zero-order valence-corrected chi connectivity index (χ0v) is 17.7. The Morgan fingerprint density at radius 3 is 2.71 bits per heavy atom. The third-order valence-electron chi connectivity index (χ3n) is 4.06. The molecule has 7 heteroatoms. The van der Waals surface area contributed by atoms with Gasteiger partial charge in [0.05, 0.1) is 13.7 Å². The van der Waals surface area contributed by atoms with Crippen LogP contribution in [0, 0.1) is 0 Å². The number of anilines is 1. The van der Waals surface area contributed by atoms with Crippen LogP contribution in [-0.2, 0) is 11.2 Å². The minimum absolute atomic E-state index is 0.239. The molecule has 1 heterocycles. The molecule has 0 aliphatic carbocycles. The van der Waals surface area contributed by atoms with Gasteiger partial charge in [0.2, 0.25) is 11.0 Å². The van der Waals surface area contributed by atoms with E-state index in [0.29, 0.717) is 23.2 Å². The molecule has 0 saturated heterocycles. The van der Waals surface area contributed by atoms with E-state index < -0.39 is 0 Å². The second kappa shape index (κ2) is 12.1. The van der Waals surface area contributed by atoms with Crippen molar-refractivity contribution in [1.82, 2.24) is 10.2 Å². The summed E-state index contributed by atoms with van der Waals surface area (Å²) in [7, 11) is 1.61. The number of rotatable bonds is 12. The smallest absolute Gasteiger partial charge is 0.250 e. The van der Waals surface area contributed by atoms with Gasteiger partial charge < -0.3 is 9.47 Å². The highest BCUT2D eigenvalue weighted by molar-refractivity contribution is 7.15. The number of aryl methyl sites for hydroxylation is 1. The van der Waals surface area contributed by atoms with Crippen LogP contribution < -0.4 is 14.8 Å². The third-order valence-corrected chi connectivity index (χ3v) is 4.96. The lowest BCUT2D eigenvalue weighted by Gasteiger charge is -2.11. The van der Waals surface area contributed by atoms with Crippen LogP contribution in [0.5, 0.6) is 11.5 Å². The summed E-state index contributed by atoms with van der Waals surface area (Å²) in [5.74, 6) is 1.13. The van der Waals surface area contributed by atoms with Gasteiger partial charge in [0.25, 0.3) is 0 Å². The molecule has 28 heavy (non-hydrogen) atoms. The van der Waals surface area contributed by atoms with E-state index in [9.17, 15) is 4.79 Å². The minimum atomic E-state index is -0.239. The molecule has 1 amide bonds. The first-order valence-electron chi connectivity index (χ1n) is 9.78. The topological polar surface area (TPSA) is 73.3 Å². The number of carbonyl (C=O) groups is 1. The Balaban J connectivity index is 1.91. The maximum Gasteiger partial charge on any atom is 0.250 e. The number of amides is 1. The van der Waals surface area contributed by atoms with Crippen LogP contribution in [0.1, 0.15) is 56.5 Å². The molecule has 6 nitrogen and oxygen atoms in total. The number of ether oxygens (including phenoxy) is 2. The molecule has 0 atom stereocenters. The van der Waals surface area contributed by atoms with Crippen LogP contribution in [0.3, 0.4) is 0 Å². The van der Waals surface area contributed by atoms with Crippen molar-refractivity contribution in [2.45, 2.75) is 52.4 Å². The van der Waals surface area contributed by atoms with Crippen molar-refractivity contribution >= 4 is 28.5 Å². The van der Waals surface area contributed by atoms with Crippen molar-refractivity contribution in [2.24, 2.45) is 0 Å². The van der Waals surface area contributed by atoms with Crippen molar-refractivity contribution in [3.05, 3.63) is 34.8 Å². The Kier molecular flexibility index (Phi) is 9.48. The highest BCUT2D eigenvalue weighted by Gasteiger charge is 2.07. The normalized spacial score (nSPS) is 11.0. The van der Waals surface area contributed by atoms with Gasteiger partial charge in [-0.25, -0.2) is 0 Å². The van der Waals surface area contributed by atoms with E-state index in [1.807, 2.05) is 18.2 Å². The van der Waals surface area contributed by atoms with Crippen molar-refractivity contribution in [2.75, 3.05) is 19.0 Å². The molecule has 0 radical (unpaired) electrons. The summed E-state index contributed by atoms with van der Waals surface area (Å²) in [5.41, 5.74) is 0.855. The molecule has 0 bridgehead atoms. The summed E-state index contributed by atoms with van der Waals surface area (Å²) in [6, 6.07) is 5.62. The molecule has 1 aromatic carbocycles. The quantitative estimate of drug-likeness (QED) is 0.394. The lowest BCUT2D eigenvalue weighted by Crippen LogP contribution is -2.07. The Morgan fingerprint density at radius 1 is 1.14 bits per heavy atom. The van der Waals surface area contributed by atoms with E-state index in [4.69, 9.17) is 9.47 Å². The van der Waals surface area contributed by atoms with Gasteiger partial charge >= 0.3 is 0 Å². The van der Waals surface area contributed by atoms with E-state index in [-0.39, 0.29) is 5.91 Å². The number of aromatic nitrogens is 2. The van der Waals surface area contributed by atoms with Crippen molar-refractivity contribution in [3.63, 3.8) is 0 Å². The van der Waals surface area contributed by atoms with Gasteiger partial charge in [0, 0.05) is 12.5 Å². The van der Waals surface area contributed by atoms with E-state index in [1.54, 1.807) is 13.2 Å².